The molecule has 0 radical (unpaired) electrons. The number of rotatable bonds is 16. The standard InChI is InChI=1S/C36H60O32/c37-1-6-11(40)15(44)21(50)32(61-6)58-4-9-12(41)17(46)23(52)35(64-9)67-28-19(48)24(53)33(68-29(28)30(55)56)59-5-10-13(42)16(45)22(51)34(63-10)66-27-14(43)7(2-38)62-36(25(27)54)65-26-8(3-39)60-31(57)20(49)18(26)47/h6-29,31-54,57H,1-5H2,(H,55,56)/t6-,7-,8-,9-,10-,11-,12-,13-,14-,15+,16+,17+,18-,19-,20-,21-,22+,23-,24-,25-,26-,27+,28+,29+,31+,32-,33-,34+,35-,36+/m1/s1. The van der Waals surface area contributed by atoms with Crippen LogP contribution in [0.3, 0.4) is 0 Å². The van der Waals surface area contributed by atoms with Crippen LogP contribution in [-0.2, 0) is 56.9 Å². The van der Waals surface area contributed by atoms with Crippen LogP contribution in [0, 0.1) is 0 Å². The third-order valence-corrected chi connectivity index (χ3v) is 12.4. The quantitative estimate of drug-likeness (QED) is 0.0683. The minimum absolute atomic E-state index is 0.815. The maximum atomic E-state index is 12.4. The van der Waals surface area contributed by atoms with Crippen LogP contribution in [-0.4, -0.2) is 325 Å². The summed E-state index contributed by atoms with van der Waals surface area (Å²) in [5.41, 5.74) is 0. The second-order valence-electron chi connectivity index (χ2n) is 16.9. The molecule has 68 heavy (non-hydrogen) atoms. The van der Waals surface area contributed by atoms with E-state index in [2.05, 4.69) is 0 Å². The molecular formula is C36H60O32. The Balaban J connectivity index is 1.09. The van der Waals surface area contributed by atoms with Crippen molar-refractivity contribution < 1.29 is 159 Å². The topological polar surface area (TPSA) is 523 Å². The van der Waals surface area contributed by atoms with E-state index in [1.165, 1.54) is 0 Å². The number of carboxylic acid groups (broad SMARTS) is 1. The van der Waals surface area contributed by atoms with Crippen molar-refractivity contribution in [1.82, 2.24) is 0 Å². The molecule has 20 N–H and O–H groups in total. The van der Waals surface area contributed by atoms with Gasteiger partial charge in [-0.3, -0.25) is 0 Å². The molecule has 6 fully saturated rings. The number of hydrogen-bond acceptors (Lipinski definition) is 31. The van der Waals surface area contributed by atoms with Crippen molar-refractivity contribution in [3.8, 4) is 0 Å². The van der Waals surface area contributed by atoms with Gasteiger partial charge in [0.15, 0.2) is 43.8 Å². The lowest BCUT2D eigenvalue weighted by Crippen LogP contribution is -2.67. The summed E-state index contributed by atoms with van der Waals surface area (Å²) in [7, 11) is 0. The second kappa shape index (κ2) is 23.4. The predicted octanol–water partition coefficient (Wildman–Crippen LogP) is -14.0. The summed E-state index contributed by atoms with van der Waals surface area (Å²) < 4.78 is 59.4. The summed E-state index contributed by atoms with van der Waals surface area (Å²) in [6.07, 6.45) is -59.1. The molecule has 396 valence electrons. The average Bonchev–Trinajstić information content (AvgIpc) is 3.31. The van der Waals surface area contributed by atoms with Crippen LogP contribution in [0.25, 0.3) is 0 Å². The molecule has 6 saturated heterocycles. The molecule has 6 rings (SSSR count). The van der Waals surface area contributed by atoms with Crippen molar-refractivity contribution in [2.75, 3.05) is 33.0 Å². The largest absolute Gasteiger partial charge is 0.479 e. The fraction of sp³-hybridized carbons (Fsp3) is 0.972. The molecule has 6 aliphatic rings. The Hall–Kier alpha value is -1.73. The van der Waals surface area contributed by atoms with Gasteiger partial charge in [-0.15, -0.1) is 0 Å². The van der Waals surface area contributed by atoms with Crippen molar-refractivity contribution >= 4 is 5.97 Å². The molecule has 6 aliphatic heterocycles. The van der Waals surface area contributed by atoms with Crippen molar-refractivity contribution in [1.29, 1.82) is 0 Å². The molecule has 6 heterocycles. The third-order valence-electron chi connectivity index (χ3n) is 12.4. The number of carbonyl (C=O) groups is 1. The van der Waals surface area contributed by atoms with Gasteiger partial charge >= 0.3 is 5.97 Å². The van der Waals surface area contributed by atoms with E-state index in [9.17, 15) is 107 Å². The zero-order valence-electron chi connectivity index (χ0n) is 35.2. The first-order valence-corrected chi connectivity index (χ1v) is 21.1. The van der Waals surface area contributed by atoms with Crippen LogP contribution in [0.15, 0.2) is 0 Å². The Morgan fingerprint density at radius 3 is 1.21 bits per heavy atom. The van der Waals surface area contributed by atoms with Crippen molar-refractivity contribution in [2.24, 2.45) is 0 Å². The molecule has 0 bridgehead atoms. The van der Waals surface area contributed by atoms with Gasteiger partial charge in [-0.25, -0.2) is 4.79 Å². The summed E-state index contributed by atoms with van der Waals surface area (Å²) in [6, 6.07) is 0. The fourth-order valence-corrected chi connectivity index (χ4v) is 8.27. The van der Waals surface area contributed by atoms with E-state index in [1.807, 2.05) is 0 Å². The molecule has 0 saturated carbocycles. The summed E-state index contributed by atoms with van der Waals surface area (Å²) in [5.74, 6) is -1.88. The zero-order valence-corrected chi connectivity index (χ0v) is 35.2. The second-order valence-corrected chi connectivity index (χ2v) is 16.9. The van der Waals surface area contributed by atoms with Gasteiger partial charge in [0.2, 0.25) is 0 Å². The van der Waals surface area contributed by atoms with Crippen LogP contribution in [0.1, 0.15) is 0 Å². The van der Waals surface area contributed by atoms with Gasteiger partial charge in [-0.2, -0.15) is 0 Å². The molecule has 0 amide bonds. The van der Waals surface area contributed by atoms with E-state index >= 15 is 0 Å². The van der Waals surface area contributed by atoms with Crippen LogP contribution in [0.4, 0.5) is 0 Å². The van der Waals surface area contributed by atoms with Gasteiger partial charge in [0.25, 0.3) is 0 Å². The first-order valence-electron chi connectivity index (χ1n) is 21.1. The maximum absolute atomic E-state index is 12.4. The molecular weight excluding hydrogens is 944 g/mol. The lowest BCUT2D eigenvalue weighted by Gasteiger charge is -2.48. The van der Waals surface area contributed by atoms with E-state index in [-0.39, 0.29) is 0 Å². The van der Waals surface area contributed by atoms with E-state index < -0.39 is 223 Å². The van der Waals surface area contributed by atoms with Gasteiger partial charge in [-0.05, 0) is 0 Å². The summed E-state index contributed by atoms with van der Waals surface area (Å²) in [4.78, 5) is 12.4. The number of carboxylic acids is 1. The first kappa shape index (κ1) is 55.6. The number of hydrogen-bond donors (Lipinski definition) is 20. The average molecular weight is 1000 g/mol. The highest BCUT2D eigenvalue weighted by Crippen LogP contribution is 2.35. The highest BCUT2D eigenvalue weighted by molar-refractivity contribution is 5.73. The Bertz CT molecular complexity index is 1580. The number of ether oxygens (including phenoxy) is 11. The van der Waals surface area contributed by atoms with E-state index in [0.717, 1.165) is 0 Å². The van der Waals surface area contributed by atoms with Crippen molar-refractivity contribution in [2.45, 2.75) is 184 Å². The molecule has 0 spiro atoms. The Labute approximate surface area is 382 Å². The molecule has 0 unspecified atom stereocenters. The molecule has 32 nitrogen and oxygen atoms in total. The number of aliphatic carboxylic acids is 1. The van der Waals surface area contributed by atoms with Crippen molar-refractivity contribution in [3.05, 3.63) is 0 Å². The van der Waals surface area contributed by atoms with E-state index in [1.54, 1.807) is 0 Å². The lowest BCUT2D eigenvalue weighted by molar-refractivity contribution is -0.382. The van der Waals surface area contributed by atoms with Crippen LogP contribution < -0.4 is 0 Å². The minimum Gasteiger partial charge on any atom is -0.479 e. The zero-order chi connectivity index (χ0) is 50.2. The molecule has 0 aliphatic carbocycles. The smallest absolute Gasteiger partial charge is 0.335 e. The number of aliphatic hydroxyl groups excluding tert-OH is 19. The van der Waals surface area contributed by atoms with Gasteiger partial charge in [0, 0.05) is 0 Å². The van der Waals surface area contributed by atoms with Gasteiger partial charge in [-0.1, -0.05) is 0 Å². The molecule has 0 aromatic rings. The van der Waals surface area contributed by atoms with Crippen molar-refractivity contribution in [3.63, 3.8) is 0 Å². The minimum atomic E-state index is -2.31. The SMILES string of the molecule is O=C(O)[C@H]1O[C@@H](OC[C@H]2O[C@@H](O[C@@H]3[C@@H](O)[C@H](O[C@H]4[C@H](O)[C@@H](O)[C@@H](O)O[C@@H]4CO)O[C@H](CO)[C@H]3O)[C@@H](O)[C@@H](O)[C@@H]2O)[C@H](O)[C@@H](O)[C@@H]1O[C@H]1O[C@H](CO[C@@H]2O[C@H](CO)[C@@H](O)[C@H](O)[C@H]2O)[C@@H](O)[C@H](O)[C@H]1O. The Morgan fingerprint density at radius 1 is 0.338 bits per heavy atom. The number of aliphatic hydroxyl groups is 19. The lowest BCUT2D eigenvalue weighted by atomic mass is 9.96. The predicted molar refractivity (Wildman–Crippen MR) is 200 cm³/mol. The first-order chi connectivity index (χ1) is 32.1. The monoisotopic (exact) mass is 1000 g/mol. The highest BCUT2D eigenvalue weighted by Gasteiger charge is 2.56. The molecule has 0 aromatic carbocycles. The Morgan fingerprint density at radius 2 is 0.706 bits per heavy atom. The van der Waals surface area contributed by atoms with Crippen LogP contribution in [0.5, 0.6) is 0 Å². The van der Waals surface area contributed by atoms with E-state index in [4.69, 9.17) is 52.1 Å². The van der Waals surface area contributed by atoms with Gasteiger partial charge < -0.3 is 154 Å². The maximum Gasteiger partial charge on any atom is 0.335 e. The highest BCUT2D eigenvalue weighted by atomic mass is 16.8. The molecule has 30 atom stereocenters. The summed E-state index contributed by atoms with van der Waals surface area (Å²) >= 11 is 0. The van der Waals surface area contributed by atoms with Crippen LogP contribution >= 0.6 is 0 Å². The normalized spacial score (nSPS) is 52.7. The molecule has 32 heteroatoms. The van der Waals surface area contributed by atoms with Crippen LogP contribution in [0.2, 0.25) is 0 Å². The van der Waals surface area contributed by atoms with Gasteiger partial charge in [0.1, 0.15) is 140 Å². The summed E-state index contributed by atoms with van der Waals surface area (Å²) in [6.45, 7) is -4.49. The fourth-order valence-electron chi connectivity index (χ4n) is 8.27. The Kier molecular flexibility index (Phi) is 19.2. The summed E-state index contributed by atoms with van der Waals surface area (Å²) in [5, 5.41) is 208. The third kappa shape index (κ3) is 11.4. The van der Waals surface area contributed by atoms with Gasteiger partial charge in [0.05, 0.1) is 33.0 Å². The van der Waals surface area contributed by atoms with E-state index in [0.29, 0.717) is 0 Å². The molecule has 0 aromatic heterocycles.